The van der Waals surface area contributed by atoms with E-state index in [1.165, 1.54) is 36.4 Å². The smallest absolute Gasteiger partial charge is 0.487 e. The van der Waals surface area contributed by atoms with Gasteiger partial charge in [0, 0.05) is 11.3 Å². The Morgan fingerprint density at radius 1 is 0.972 bits per heavy atom. The zero-order valence-corrected chi connectivity index (χ0v) is 21.2. The molecule has 3 aromatic carbocycles. The Balaban J connectivity index is 1.77. The summed E-state index contributed by atoms with van der Waals surface area (Å²) in [6.07, 6.45) is -6.51. The molecule has 0 aromatic heterocycles. The quantitative estimate of drug-likeness (QED) is 0.136. The summed E-state index contributed by atoms with van der Waals surface area (Å²) in [5.74, 6) is -1.71. The lowest BCUT2D eigenvalue weighted by molar-refractivity contribution is -0.274. The third-order valence-electron chi connectivity index (χ3n) is 4.55. The predicted octanol–water partition coefficient (Wildman–Crippen LogP) is 8.23. The van der Waals surface area contributed by atoms with Crippen molar-refractivity contribution in [1.82, 2.24) is 0 Å². The second-order valence-corrected chi connectivity index (χ2v) is 8.94. The molecule has 192 valence electrons. The highest BCUT2D eigenvalue weighted by Gasteiger charge is 2.31. The van der Waals surface area contributed by atoms with Gasteiger partial charge in [0.15, 0.2) is 6.23 Å². The van der Waals surface area contributed by atoms with E-state index in [0.717, 1.165) is 6.07 Å². The first kappa shape index (κ1) is 28.3. The molecule has 0 radical (unpaired) electrons. The maximum Gasteiger partial charge on any atom is 0.573 e. The zero-order valence-electron chi connectivity index (χ0n) is 17.5. The molecule has 1 atom stereocenters. The minimum atomic E-state index is -4.83. The zero-order chi connectivity index (χ0) is 26.8. The molecular formula is C22H13Cl5F3NO5. The fourth-order valence-electron chi connectivity index (χ4n) is 3.05. The van der Waals surface area contributed by atoms with Crippen molar-refractivity contribution in [3.8, 4) is 11.5 Å². The van der Waals surface area contributed by atoms with Crippen LogP contribution in [0.4, 0.5) is 18.9 Å². The number of halogens is 8. The van der Waals surface area contributed by atoms with Gasteiger partial charge in [-0.15, -0.1) is 13.2 Å². The van der Waals surface area contributed by atoms with Crippen LogP contribution in [0.2, 0.25) is 25.1 Å². The molecule has 0 heterocycles. The van der Waals surface area contributed by atoms with Gasteiger partial charge in [0.1, 0.15) is 18.1 Å². The molecule has 0 saturated carbocycles. The Morgan fingerprint density at radius 2 is 1.64 bits per heavy atom. The number of hydrogen-bond acceptors (Lipinski definition) is 5. The van der Waals surface area contributed by atoms with Crippen LogP contribution in [0.3, 0.4) is 0 Å². The second kappa shape index (κ2) is 11.4. The number of alkyl halides is 3. The number of anilines is 1. The van der Waals surface area contributed by atoms with Crippen LogP contribution < -0.4 is 14.8 Å². The van der Waals surface area contributed by atoms with E-state index in [9.17, 15) is 28.2 Å². The summed E-state index contributed by atoms with van der Waals surface area (Å²) in [5, 5.41) is 21.6. The predicted molar refractivity (Wildman–Crippen MR) is 131 cm³/mol. The number of rotatable bonds is 8. The minimum absolute atomic E-state index is 0.0756. The second-order valence-electron chi connectivity index (χ2n) is 7.03. The number of aromatic carboxylic acids is 1. The van der Waals surface area contributed by atoms with Gasteiger partial charge < -0.3 is 25.0 Å². The van der Waals surface area contributed by atoms with E-state index in [2.05, 4.69) is 10.1 Å². The van der Waals surface area contributed by atoms with Gasteiger partial charge >= 0.3 is 12.3 Å². The lowest BCUT2D eigenvalue weighted by Crippen LogP contribution is -2.17. The lowest BCUT2D eigenvalue weighted by Gasteiger charge is -2.21. The number of hydrogen-bond donors (Lipinski definition) is 3. The van der Waals surface area contributed by atoms with Gasteiger partial charge in [0.2, 0.25) is 0 Å². The summed E-state index contributed by atoms with van der Waals surface area (Å²) >= 11 is 30.3. The maximum absolute atomic E-state index is 12.4. The standard InChI is InChI=1S/C22H13Cl5F3NO5/c23-12-7-10(31-20(32)14-15(21(33)34)17(25)19(27)18(26)16(14)24)4-5-13(12)35-8-9-2-1-3-11(6-9)36-22(28,29)30/h1-7,20,31-32H,8H2,(H,33,34). The number of aliphatic hydroxyl groups is 1. The van der Waals surface area contributed by atoms with Crippen molar-refractivity contribution < 1.29 is 37.7 Å². The first-order chi connectivity index (χ1) is 16.8. The molecular weight excluding hydrogens is 593 g/mol. The summed E-state index contributed by atoms with van der Waals surface area (Å²) in [4.78, 5) is 11.7. The van der Waals surface area contributed by atoms with Crippen LogP contribution in [0.1, 0.15) is 27.7 Å². The monoisotopic (exact) mass is 603 g/mol. The van der Waals surface area contributed by atoms with E-state index in [-0.39, 0.29) is 43.7 Å². The van der Waals surface area contributed by atoms with Crippen molar-refractivity contribution in [2.24, 2.45) is 0 Å². The summed E-state index contributed by atoms with van der Waals surface area (Å²) < 4.78 is 46.6. The van der Waals surface area contributed by atoms with Gasteiger partial charge in [-0.1, -0.05) is 70.1 Å². The van der Waals surface area contributed by atoms with Crippen molar-refractivity contribution in [2.75, 3.05) is 5.32 Å². The van der Waals surface area contributed by atoms with Crippen LogP contribution in [0.25, 0.3) is 0 Å². The van der Waals surface area contributed by atoms with Crippen molar-refractivity contribution in [1.29, 1.82) is 0 Å². The van der Waals surface area contributed by atoms with E-state index < -0.39 is 34.9 Å². The largest absolute Gasteiger partial charge is 0.573 e. The highest BCUT2D eigenvalue weighted by molar-refractivity contribution is 6.53. The maximum atomic E-state index is 12.4. The van der Waals surface area contributed by atoms with Crippen LogP contribution in [0, 0.1) is 0 Å². The Bertz CT molecular complexity index is 1310. The average Bonchev–Trinajstić information content (AvgIpc) is 2.78. The fourth-order valence-corrected chi connectivity index (χ4v) is 4.33. The van der Waals surface area contributed by atoms with E-state index >= 15 is 0 Å². The molecule has 1 unspecified atom stereocenters. The van der Waals surface area contributed by atoms with Crippen LogP contribution in [0.5, 0.6) is 11.5 Å². The Kier molecular flexibility index (Phi) is 8.97. The van der Waals surface area contributed by atoms with Gasteiger partial charge in [0.05, 0.1) is 30.7 Å². The number of carboxylic acids is 1. The molecule has 0 saturated heterocycles. The molecule has 0 spiro atoms. The molecule has 3 N–H and O–H groups in total. The number of benzene rings is 3. The number of carboxylic acid groups (broad SMARTS) is 1. The number of ether oxygens (including phenoxy) is 2. The number of nitrogens with one attached hydrogen (secondary N) is 1. The van der Waals surface area contributed by atoms with Crippen LogP contribution in [-0.2, 0) is 6.61 Å². The molecule has 0 amide bonds. The van der Waals surface area contributed by atoms with Crippen molar-refractivity contribution in [3.05, 3.63) is 84.3 Å². The molecule has 0 bridgehead atoms. The molecule has 6 nitrogen and oxygen atoms in total. The first-order valence-corrected chi connectivity index (χ1v) is 11.5. The van der Waals surface area contributed by atoms with E-state index in [1.807, 2.05) is 0 Å². The van der Waals surface area contributed by atoms with Gasteiger partial charge in [-0.05, 0) is 35.9 Å². The molecule has 0 aliphatic carbocycles. The minimum Gasteiger partial charge on any atom is -0.487 e. The van der Waals surface area contributed by atoms with E-state index in [0.29, 0.717) is 5.56 Å². The molecule has 14 heteroatoms. The van der Waals surface area contributed by atoms with Gasteiger partial charge in [0.25, 0.3) is 0 Å². The third-order valence-corrected chi connectivity index (χ3v) is 6.66. The Morgan fingerprint density at radius 3 is 2.25 bits per heavy atom. The molecule has 3 aromatic rings. The molecule has 0 aliphatic heterocycles. The number of carbonyl (C=O) groups is 1. The van der Waals surface area contributed by atoms with Gasteiger partial charge in [-0.2, -0.15) is 0 Å². The van der Waals surface area contributed by atoms with Crippen LogP contribution in [0.15, 0.2) is 42.5 Å². The fraction of sp³-hybridized carbons (Fsp3) is 0.136. The van der Waals surface area contributed by atoms with Crippen molar-refractivity contribution in [3.63, 3.8) is 0 Å². The first-order valence-electron chi connectivity index (χ1n) is 9.59. The number of aliphatic hydroxyl groups excluding tert-OH is 1. The molecule has 0 fully saturated rings. The highest BCUT2D eigenvalue weighted by atomic mass is 35.5. The molecule has 3 rings (SSSR count). The summed E-state index contributed by atoms with van der Waals surface area (Å²) in [6, 6.07) is 9.46. The third kappa shape index (κ3) is 6.73. The Labute approximate surface area is 227 Å². The summed E-state index contributed by atoms with van der Waals surface area (Å²) in [5.41, 5.74) is -0.243. The van der Waals surface area contributed by atoms with Crippen LogP contribution >= 0.6 is 58.0 Å². The highest BCUT2D eigenvalue weighted by Crippen LogP contribution is 2.44. The summed E-state index contributed by atoms with van der Waals surface area (Å²) in [7, 11) is 0. The topological polar surface area (TPSA) is 88.0 Å². The average molecular weight is 606 g/mol. The Hall–Kier alpha value is -2.27. The SMILES string of the molecule is O=C(O)c1c(Cl)c(Cl)c(Cl)c(Cl)c1C(O)Nc1ccc(OCc2cccc(OC(F)(F)F)c2)c(Cl)c1. The van der Waals surface area contributed by atoms with Gasteiger partial charge in [-0.3, -0.25) is 0 Å². The van der Waals surface area contributed by atoms with E-state index in [4.69, 9.17) is 62.7 Å². The summed E-state index contributed by atoms with van der Waals surface area (Å²) in [6.45, 7) is -0.121. The molecule has 0 aliphatic rings. The normalized spacial score (nSPS) is 12.2. The van der Waals surface area contributed by atoms with Crippen molar-refractivity contribution >= 4 is 69.7 Å². The van der Waals surface area contributed by atoms with Crippen LogP contribution in [-0.4, -0.2) is 22.5 Å². The van der Waals surface area contributed by atoms with Gasteiger partial charge in [-0.25, -0.2) is 4.79 Å². The molecule has 36 heavy (non-hydrogen) atoms. The van der Waals surface area contributed by atoms with E-state index in [1.54, 1.807) is 0 Å². The van der Waals surface area contributed by atoms with Crippen molar-refractivity contribution in [2.45, 2.75) is 19.2 Å². The lowest BCUT2D eigenvalue weighted by atomic mass is 10.1.